The molecule has 0 bridgehead atoms. The average molecular weight is 283 g/mol. The van der Waals surface area contributed by atoms with Crippen LogP contribution in [0, 0.1) is 11.3 Å². The Labute approximate surface area is 124 Å². The second kappa shape index (κ2) is 7.32. The van der Waals surface area contributed by atoms with Gasteiger partial charge in [0.2, 0.25) is 0 Å². The smallest absolute Gasteiger partial charge is 0.122 e. The fourth-order valence-corrected chi connectivity index (χ4v) is 1.81. The molecule has 1 atom stereocenters. The highest BCUT2D eigenvalue weighted by molar-refractivity contribution is 5.34. The molecule has 0 spiro atoms. The second-order valence-corrected chi connectivity index (χ2v) is 4.58. The maximum atomic E-state index is 9.51. The Hall–Kier alpha value is -2.51. The Balaban J connectivity index is 1.79. The van der Waals surface area contributed by atoms with Crippen LogP contribution in [0.1, 0.15) is 24.2 Å². The molecule has 0 fully saturated rings. The predicted octanol–water partition coefficient (Wildman–Crippen LogP) is 3.07. The standard InChI is InChI=1S/C17H17NO3/c1-13(19)15-3-2-4-17(11-15)21-10-9-20-16-7-5-14(12-18)6-8-16/h2-8,11,13,19H,9-10H2,1H3. The van der Waals surface area contributed by atoms with E-state index in [2.05, 4.69) is 6.07 Å². The van der Waals surface area contributed by atoms with Gasteiger partial charge in [0.1, 0.15) is 24.7 Å². The number of aliphatic hydroxyl groups is 1. The zero-order chi connectivity index (χ0) is 15.1. The number of rotatable bonds is 6. The highest BCUT2D eigenvalue weighted by Gasteiger charge is 2.02. The summed E-state index contributed by atoms with van der Waals surface area (Å²) in [6.07, 6.45) is -0.511. The maximum absolute atomic E-state index is 9.51. The number of nitriles is 1. The van der Waals surface area contributed by atoms with Gasteiger partial charge >= 0.3 is 0 Å². The molecule has 0 radical (unpaired) electrons. The highest BCUT2D eigenvalue weighted by Crippen LogP contribution is 2.18. The summed E-state index contributed by atoms with van der Waals surface area (Å²) >= 11 is 0. The van der Waals surface area contributed by atoms with Gasteiger partial charge in [-0.1, -0.05) is 12.1 Å². The SMILES string of the molecule is CC(O)c1cccc(OCCOc2ccc(C#N)cc2)c1. The van der Waals surface area contributed by atoms with Crippen LogP contribution in [0.2, 0.25) is 0 Å². The monoisotopic (exact) mass is 283 g/mol. The van der Waals surface area contributed by atoms with Gasteiger partial charge in [0, 0.05) is 0 Å². The second-order valence-electron chi connectivity index (χ2n) is 4.58. The van der Waals surface area contributed by atoms with Crippen LogP contribution in [0.5, 0.6) is 11.5 Å². The first kappa shape index (κ1) is 14.9. The van der Waals surface area contributed by atoms with Crippen molar-refractivity contribution in [1.82, 2.24) is 0 Å². The molecule has 0 aliphatic heterocycles. The molecule has 21 heavy (non-hydrogen) atoms. The molecule has 0 heterocycles. The molecule has 0 amide bonds. The van der Waals surface area contributed by atoms with Crippen LogP contribution < -0.4 is 9.47 Å². The molecule has 0 aromatic heterocycles. The normalized spacial score (nSPS) is 11.5. The van der Waals surface area contributed by atoms with E-state index in [9.17, 15) is 5.11 Å². The van der Waals surface area contributed by atoms with E-state index in [0.29, 0.717) is 30.3 Å². The molecular weight excluding hydrogens is 266 g/mol. The number of benzene rings is 2. The predicted molar refractivity (Wildman–Crippen MR) is 79.2 cm³/mol. The van der Waals surface area contributed by atoms with Crippen molar-refractivity contribution in [2.75, 3.05) is 13.2 Å². The third-order valence-corrected chi connectivity index (χ3v) is 2.94. The zero-order valence-corrected chi connectivity index (χ0v) is 11.8. The summed E-state index contributed by atoms with van der Waals surface area (Å²) in [5, 5.41) is 18.2. The van der Waals surface area contributed by atoms with Crippen LogP contribution >= 0.6 is 0 Å². The molecule has 0 aliphatic rings. The van der Waals surface area contributed by atoms with E-state index < -0.39 is 6.10 Å². The van der Waals surface area contributed by atoms with Gasteiger partial charge in [-0.05, 0) is 48.9 Å². The number of aliphatic hydroxyl groups excluding tert-OH is 1. The van der Waals surface area contributed by atoms with Gasteiger partial charge < -0.3 is 14.6 Å². The van der Waals surface area contributed by atoms with E-state index in [1.54, 1.807) is 31.2 Å². The molecule has 1 N–H and O–H groups in total. The Morgan fingerprint density at radius 2 is 1.71 bits per heavy atom. The summed E-state index contributed by atoms with van der Waals surface area (Å²) < 4.78 is 11.1. The molecule has 1 unspecified atom stereocenters. The van der Waals surface area contributed by atoms with Crippen molar-refractivity contribution in [2.24, 2.45) is 0 Å². The van der Waals surface area contributed by atoms with E-state index in [1.807, 2.05) is 24.3 Å². The van der Waals surface area contributed by atoms with Crippen LogP contribution in [0.3, 0.4) is 0 Å². The Morgan fingerprint density at radius 1 is 1.05 bits per heavy atom. The van der Waals surface area contributed by atoms with Crippen molar-refractivity contribution >= 4 is 0 Å². The van der Waals surface area contributed by atoms with E-state index in [-0.39, 0.29) is 0 Å². The minimum atomic E-state index is -0.511. The summed E-state index contributed by atoms with van der Waals surface area (Å²) in [7, 11) is 0. The molecule has 4 heteroatoms. The summed E-state index contributed by atoms with van der Waals surface area (Å²) in [6.45, 7) is 2.53. The number of nitrogens with zero attached hydrogens (tertiary/aromatic N) is 1. The molecule has 2 rings (SSSR count). The largest absolute Gasteiger partial charge is 0.490 e. The molecular formula is C17H17NO3. The lowest BCUT2D eigenvalue weighted by Gasteiger charge is -2.10. The van der Waals surface area contributed by atoms with Crippen LogP contribution in [0.4, 0.5) is 0 Å². The minimum Gasteiger partial charge on any atom is -0.490 e. The van der Waals surface area contributed by atoms with Crippen molar-refractivity contribution in [3.63, 3.8) is 0 Å². The van der Waals surface area contributed by atoms with Crippen LogP contribution in [0.25, 0.3) is 0 Å². The van der Waals surface area contributed by atoms with Crippen LogP contribution in [0.15, 0.2) is 48.5 Å². The molecule has 2 aromatic carbocycles. The summed E-state index contributed by atoms with van der Waals surface area (Å²) in [4.78, 5) is 0. The molecule has 4 nitrogen and oxygen atoms in total. The average Bonchev–Trinajstić information content (AvgIpc) is 2.52. The van der Waals surface area contributed by atoms with Crippen molar-refractivity contribution < 1.29 is 14.6 Å². The lowest BCUT2D eigenvalue weighted by Crippen LogP contribution is -2.09. The highest BCUT2D eigenvalue weighted by atomic mass is 16.5. The van der Waals surface area contributed by atoms with Gasteiger partial charge in [0.15, 0.2) is 0 Å². The Bertz CT molecular complexity index is 615. The summed E-state index contributed by atoms with van der Waals surface area (Å²) in [6, 6.07) is 16.3. The number of hydrogen-bond acceptors (Lipinski definition) is 4. The van der Waals surface area contributed by atoms with Gasteiger partial charge in [-0.15, -0.1) is 0 Å². The van der Waals surface area contributed by atoms with E-state index in [4.69, 9.17) is 14.7 Å². The third-order valence-electron chi connectivity index (χ3n) is 2.94. The summed E-state index contributed by atoms with van der Waals surface area (Å²) in [5.74, 6) is 1.41. The quantitative estimate of drug-likeness (QED) is 0.828. The van der Waals surface area contributed by atoms with Crippen LogP contribution in [-0.4, -0.2) is 18.3 Å². The Morgan fingerprint density at radius 3 is 2.33 bits per heavy atom. The fraction of sp³-hybridized carbons (Fsp3) is 0.235. The van der Waals surface area contributed by atoms with Gasteiger partial charge in [-0.3, -0.25) is 0 Å². The molecule has 108 valence electrons. The molecule has 2 aromatic rings. The van der Waals surface area contributed by atoms with Crippen molar-refractivity contribution in [3.8, 4) is 17.6 Å². The first-order valence-corrected chi connectivity index (χ1v) is 6.73. The summed E-state index contributed by atoms with van der Waals surface area (Å²) in [5.41, 5.74) is 1.43. The van der Waals surface area contributed by atoms with Gasteiger partial charge in [-0.2, -0.15) is 5.26 Å². The van der Waals surface area contributed by atoms with Crippen molar-refractivity contribution in [3.05, 3.63) is 59.7 Å². The van der Waals surface area contributed by atoms with E-state index in [1.165, 1.54) is 0 Å². The topological polar surface area (TPSA) is 62.5 Å². The van der Waals surface area contributed by atoms with Crippen molar-refractivity contribution in [1.29, 1.82) is 5.26 Å². The van der Waals surface area contributed by atoms with Crippen LogP contribution in [-0.2, 0) is 0 Å². The number of hydrogen-bond donors (Lipinski definition) is 1. The lowest BCUT2D eigenvalue weighted by atomic mass is 10.1. The minimum absolute atomic E-state index is 0.406. The maximum Gasteiger partial charge on any atom is 0.122 e. The molecule has 0 aliphatic carbocycles. The lowest BCUT2D eigenvalue weighted by molar-refractivity contribution is 0.196. The molecule has 0 saturated carbocycles. The van der Waals surface area contributed by atoms with Crippen molar-refractivity contribution in [2.45, 2.75) is 13.0 Å². The third kappa shape index (κ3) is 4.51. The first-order valence-electron chi connectivity index (χ1n) is 6.73. The van der Waals surface area contributed by atoms with Gasteiger partial charge in [0.25, 0.3) is 0 Å². The molecule has 0 saturated heterocycles. The van der Waals surface area contributed by atoms with Gasteiger partial charge in [-0.25, -0.2) is 0 Å². The van der Waals surface area contributed by atoms with Gasteiger partial charge in [0.05, 0.1) is 17.7 Å². The zero-order valence-electron chi connectivity index (χ0n) is 11.8. The van der Waals surface area contributed by atoms with E-state index >= 15 is 0 Å². The van der Waals surface area contributed by atoms with E-state index in [0.717, 1.165) is 5.56 Å². The Kier molecular flexibility index (Phi) is 5.19. The number of ether oxygens (including phenoxy) is 2. The first-order chi connectivity index (χ1) is 10.2. The fourth-order valence-electron chi connectivity index (χ4n) is 1.81.